The first-order valence-electron chi connectivity index (χ1n) is 9.12. The number of ether oxygens (including phenoxy) is 2. The van der Waals surface area contributed by atoms with Crippen molar-refractivity contribution in [1.82, 2.24) is 4.90 Å². The Morgan fingerprint density at radius 3 is 2.00 bits per heavy atom. The number of nitrogens with zero attached hydrogens (tertiary/aromatic N) is 1. The molecular weight excluding hydrogens is 342 g/mol. The van der Waals surface area contributed by atoms with Crippen LogP contribution < -0.4 is 0 Å². The average Bonchev–Trinajstić information content (AvgIpc) is 3.01. The lowest BCUT2D eigenvalue weighted by atomic mass is 9.82. The molecule has 5 nitrogen and oxygen atoms in total. The van der Waals surface area contributed by atoms with E-state index in [1.54, 1.807) is 4.90 Å². The molecule has 2 aromatic rings. The molecule has 0 aliphatic carbocycles. The van der Waals surface area contributed by atoms with Gasteiger partial charge in [0.15, 0.2) is 0 Å². The predicted molar refractivity (Wildman–Crippen MR) is 102 cm³/mol. The standard InChI is InChI=1S/C22H25NO4/c1-22(2)16-23(21(25)27-15-18-11-7-4-8-12-18)13-19(22)20(24)26-14-17-9-5-3-6-10-17/h3-12,19H,13-16H2,1-2H3/t19-/m0/s1. The van der Waals surface area contributed by atoms with Crippen molar-refractivity contribution in [2.24, 2.45) is 11.3 Å². The van der Waals surface area contributed by atoms with Crippen molar-refractivity contribution in [3.05, 3.63) is 71.8 Å². The summed E-state index contributed by atoms with van der Waals surface area (Å²) in [5.41, 5.74) is 1.52. The molecule has 0 bridgehead atoms. The Morgan fingerprint density at radius 1 is 0.926 bits per heavy atom. The summed E-state index contributed by atoms with van der Waals surface area (Å²) in [6.07, 6.45) is -0.398. The van der Waals surface area contributed by atoms with Gasteiger partial charge in [0.25, 0.3) is 0 Å². The number of carbonyl (C=O) groups is 2. The number of hydrogen-bond donors (Lipinski definition) is 0. The van der Waals surface area contributed by atoms with Crippen LogP contribution in [-0.4, -0.2) is 30.1 Å². The monoisotopic (exact) mass is 367 g/mol. The lowest BCUT2D eigenvalue weighted by Crippen LogP contribution is -2.31. The minimum Gasteiger partial charge on any atom is -0.461 e. The molecule has 0 aromatic heterocycles. The third-order valence-corrected chi connectivity index (χ3v) is 4.92. The van der Waals surface area contributed by atoms with Crippen LogP contribution in [-0.2, 0) is 27.5 Å². The molecule has 5 heteroatoms. The van der Waals surface area contributed by atoms with E-state index < -0.39 is 6.09 Å². The lowest BCUT2D eigenvalue weighted by Gasteiger charge is -2.23. The zero-order valence-electron chi connectivity index (χ0n) is 15.8. The molecule has 0 unspecified atom stereocenters. The molecule has 1 atom stereocenters. The van der Waals surface area contributed by atoms with Crippen molar-refractivity contribution in [1.29, 1.82) is 0 Å². The molecule has 3 rings (SSSR count). The molecular formula is C22H25NO4. The summed E-state index contributed by atoms with van der Waals surface area (Å²) < 4.78 is 10.9. The van der Waals surface area contributed by atoms with Crippen molar-refractivity contribution >= 4 is 12.1 Å². The molecule has 0 spiro atoms. The summed E-state index contributed by atoms with van der Waals surface area (Å²) in [4.78, 5) is 26.6. The molecule has 1 aliphatic heterocycles. The summed E-state index contributed by atoms with van der Waals surface area (Å²) in [6, 6.07) is 19.1. The van der Waals surface area contributed by atoms with Gasteiger partial charge in [0.1, 0.15) is 13.2 Å². The normalized spacial score (nSPS) is 18.1. The van der Waals surface area contributed by atoms with E-state index in [1.165, 1.54) is 0 Å². The Labute approximate surface area is 159 Å². The van der Waals surface area contributed by atoms with Gasteiger partial charge in [0.05, 0.1) is 5.92 Å². The van der Waals surface area contributed by atoms with Crippen LogP contribution in [0, 0.1) is 11.3 Å². The second kappa shape index (κ2) is 8.25. The van der Waals surface area contributed by atoms with Crippen LogP contribution in [0.25, 0.3) is 0 Å². The molecule has 1 saturated heterocycles. The van der Waals surface area contributed by atoms with Crippen LogP contribution in [0.4, 0.5) is 4.79 Å². The Morgan fingerprint density at radius 2 is 1.44 bits per heavy atom. The first-order valence-corrected chi connectivity index (χ1v) is 9.12. The third-order valence-electron chi connectivity index (χ3n) is 4.92. The molecule has 0 radical (unpaired) electrons. The first kappa shape index (κ1) is 19.0. The summed E-state index contributed by atoms with van der Waals surface area (Å²) in [5.74, 6) is -0.646. The molecule has 1 fully saturated rings. The van der Waals surface area contributed by atoms with Crippen molar-refractivity contribution in [2.75, 3.05) is 13.1 Å². The highest BCUT2D eigenvalue weighted by Gasteiger charge is 2.46. The highest BCUT2D eigenvalue weighted by Crippen LogP contribution is 2.36. The molecule has 142 valence electrons. The number of benzene rings is 2. The zero-order chi connectivity index (χ0) is 19.3. The van der Waals surface area contributed by atoms with Crippen LogP contribution >= 0.6 is 0 Å². The smallest absolute Gasteiger partial charge is 0.410 e. The van der Waals surface area contributed by atoms with E-state index in [-0.39, 0.29) is 30.5 Å². The van der Waals surface area contributed by atoms with Gasteiger partial charge in [-0.15, -0.1) is 0 Å². The van der Waals surface area contributed by atoms with Gasteiger partial charge in [-0.2, -0.15) is 0 Å². The number of esters is 1. The maximum atomic E-state index is 12.6. The summed E-state index contributed by atoms with van der Waals surface area (Å²) in [6.45, 7) is 5.20. The summed E-state index contributed by atoms with van der Waals surface area (Å²) in [7, 11) is 0. The Balaban J connectivity index is 1.54. The Hall–Kier alpha value is -2.82. The van der Waals surface area contributed by atoms with E-state index in [0.29, 0.717) is 13.1 Å². The summed E-state index contributed by atoms with van der Waals surface area (Å²) >= 11 is 0. The van der Waals surface area contributed by atoms with Crippen molar-refractivity contribution in [3.8, 4) is 0 Å². The maximum Gasteiger partial charge on any atom is 0.410 e. The van der Waals surface area contributed by atoms with Crippen molar-refractivity contribution in [3.63, 3.8) is 0 Å². The van der Waals surface area contributed by atoms with E-state index in [0.717, 1.165) is 11.1 Å². The second-order valence-electron chi connectivity index (χ2n) is 7.56. The van der Waals surface area contributed by atoms with Gasteiger partial charge in [0.2, 0.25) is 0 Å². The van der Waals surface area contributed by atoms with Crippen molar-refractivity contribution in [2.45, 2.75) is 27.1 Å². The maximum absolute atomic E-state index is 12.6. The third kappa shape index (κ3) is 4.88. The van der Waals surface area contributed by atoms with Crippen LogP contribution in [0.3, 0.4) is 0 Å². The molecule has 1 aliphatic rings. The Kier molecular flexibility index (Phi) is 5.79. The zero-order valence-corrected chi connectivity index (χ0v) is 15.8. The first-order chi connectivity index (χ1) is 13.0. The van der Waals surface area contributed by atoms with Crippen LogP contribution in [0.5, 0.6) is 0 Å². The SMILES string of the molecule is CC1(C)CN(C(=O)OCc2ccccc2)C[C@H]1C(=O)OCc1ccccc1. The minimum atomic E-state index is -0.398. The van der Waals surface area contributed by atoms with Crippen LogP contribution in [0.2, 0.25) is 0 Å². The predicted octanol–water partition coefficient (Wildman–Crippen LogP) is 4.02. The topological polar surface area (TPSA) is 55.8 Å². The van der Waals surface area contributed by atoms with E-state index >= 15 is 0 Å². The molecule has 1 amide bonds. The lowest BCUT2D eigenvalue weighted by molar-refractivity contribution is -0.152. The van der Waals surface area contributed by atoms with E-state index in [9.17, 15) is 9.59 Å². The van der Waals surface area contributed by atoms with Gasteiger partial charge in [0, 0.05) is 13.1 Å². The molecule has 27 heavy (non-hydrogen) atoms. The van der Waals surface area contributed by atoms with E-state index in [2.05, 4.69) is 0 Å². The number of likely N-dealkylation sites (tertiary alicyclic amines) is 1. The van der Waals surface area contributed by atoms with Gasteiger partial charge < -0.3 is 14.4 Å². The van der Waals surface area contributed by atoms with Gasteiger partial charge in [-0.1, -0.05) is 74.5 Å². The number of hydrogen-bond acceptors (Lipinski definition) is 4. The quantitative estimate of drug-likeness (QED) is 0.749. The highest BCUT2D eigenvalue weighted by molar-refractivity contribution is 5.76. The van der Waals surface area contributed by atoms with Crippen LogP contribution in [0.15, 0.2) is 60.7 Å². The molecule has 2 aromatic carbocycles. The molecule has 0 N–H and O–H groups in total. The second-order valence-corrected chi connectivity index (χ2v) is 7.56. The minimum absolute atomic E-state index is 0.222. The fourth-order valence-electron chi connectivity index (χ4n) is 3.31. The number of amides is 1. The fraction of sp³-hybridized carbons (Fsp3) is 0.364. The van der Waals surface area contributed by atoms with Crippen molar-refractivity contribution < 1.29 is 19.1 Å². The Bertz CT molecular complexity index is 773. The number of rotatable bonds is 5. The largest absolute Gasteiger partial charge is 0.461 e. The van der Waals surface area contributed by atoms with E-state index in [4.69, 9.17) is 9.47 Å². The average molecular weight is 367 g/mol. The summed E-state index contributed by atoms with van der Waals surface area (Å²) in [5, 5.41) is 0. The van der Waals surface area contributed by atoms with E-state index in [1.807, 2.05) is 74.5 Å². The fourth-order valence-corrected chi connectivity index (χ4v) is 3.31. The van der Waals surface area contributed by atoms with Crippen LogP contribution in [0.1, 0.15) is 25.0 Å². The highest BCUT2D eigenvalue weighted by atomic mass is 16.6. The number of carbonyl (C=O) groups excluding carboxylic acids is 2. The molecule has 0 saturated carbocycles. The van der Waals surface area contributed by atoms with Gasteiger partial charge >= 0.3 is 12.1 Å². The van der Waals surface area contributed by atoms with Gasteiger partial charge in [-0.3, -0.25) is 4.79 Å². The van der Waals surface area contributed by atoms with Gasteiger partial charge in [-0.25, -0.2) is 4.79 Å². The van der Waals surface area contributed by atoms with Gasteiger partial charge in [-0.05, 0) is 16.5 Å². The molecule has 1 heterocycles.